The summed E-state index contributed by atoms with van der Waals surface area (Å²) in [6, 6.07) is 0.422. The van der Waals surface area contributed by atoms with E-state index in [2.05, 4.69) is 44.5 Å². The van der Waals surface area contributed by atoms with Gasteiger partial charge in [-0.3, -0.25) is 0 Å². The summed E-state index contributed by atoms with van der Waals surface area (Å²) in [7, 11) is 2.04. The minimum absolute atomic E-state index is 0.00929. The molecule has 0 aliphatic heterocycles. The highest BCUT2D eigenvalue weighted by molar-refractivity contribution is 7.15. The van der Waals surface area contributed by atoms with E-state index in [1.807, 2.05) is 7.05 Å². The maximum atomic E-state index is 9.37. The lowest BCUT2D eigenvalue weighted by molar-refractivity contribution is 0.282. The van der Waals surface area contributed by atoms with Crippen LogP contribution < -0.4 is 4.90 Å². The van der Waals surface area contributed by atoms with E-state index in [-0.39, 0.29) is 12.0 Å². The van der Waals surface area contributed by atoms with Crippen molar-refractivity contribution in [1.29, 1.82) is 0 Å². The summed E-state index contributed by atoms with van der Waals surface area (Å²) in [6.07, 6.45) is 0. The van der Waals surface area contributed by atoms with E-state index < -0.39 is 0 Å². The molecule has 1 aromatic rings. The van der Waals surface area contributed by atoms with Crippen LogP contribution >= 0.6 is 11.3 Å². The summed E-state index contributed by atoms with van der Waals surface area (Å²) in [5.74, 6) is 0. The van der Waals surface area contributed by atoms with Crippen molar-refractivity contribution in [3.05, 3.63) is 10.6 Å². The summed E-state index contributed by atoms with van der Waals surface area (Å²) in [4.78, 5) is 7.78. The average molecular weight is 242 g/mol. The Bertz CT molecular complexity index is 352. The number of aliphatic hydroxyl groups excluding tert-OH is 1. The van der Waals surface area contributed by atoms with Gasteiger partial charge in [0, 0.05) is 18.5 Å². The SMILES string of the molecule is CC(C)N(C)c1nc(C(C)(C)C)c(CO)s1. The Morgan fingerprint density at radius 2 is 1.94 bits per heavy atom. The van der Waals surface area contributed by atoms with Crippen LogP contribution in [0.1, 0.15) is 45.2 Å². The Kier molecular flexibility index (Phi) is 3.97. The molecule has 0 radical (unpaired) electrons. The second-order valence-corrected chi connectivity index (χ2v) is 6.44. The van der Waals surface area contributed by atoms with Gasteiger partial charge in [0.2, 0.25) is 0 Å². The molecule has 0 amide bonds. The zero-order chi connectivity index (χ0) is 12.5. The van der Waals surface area contributed by atoms with Crippen molar-refractivity contribution >= 4 is 16.5 Å². The van der Waals surface area contributed by atoms with Gasteiger partial charge in [0.25, 0.3) is 0 Å². The van der Waals surface area contributed by atoms with E-state index in [0.717, 1.165) is 15.7 Å². The lowest BCUT2D eigenvalue weighted by Gasteiger charge is -2.20. The van der Waals surface area contributed by atoms with Gasteiger partial charge < -0.3 is 10.0 Å². The minimum atomic E-state index is -0.00929. The number of thiazole rings is 1. The van der Waals surface area contributed by atoms with Crippen LogP contribution in [0.2, 0.25) is 0 Å². The van der Waals surface area contributed by atoms with Crippen molar-refractivity contribution in [2.45, 2.75) is 52.7 Å². The van der Waals surface area contributed by atoms with E-state index in [4.69, 9.17) is 0 Å². The second kappa shape index (κ2) is 4.72. The highest BCUT2D eigenvalue weighted by Gasteiger charge is 2.24. The maximum Gasteiger partial charge on any atom is 0.185 e. The van der Waals surface area contributed by atoms with Crippen molar-refractivity contribution < 1.29 is 5.11 Å². The summed E-state index contributed by atoms with van der Waals surface area (Å²) in [6.45, 7) is 10.7. The van der Waals surface area contributed by atoms with E-state index in [0.29, 0.717) is 6.04 Å². The first-order valence-corrected chi connectivity index (χ1v) is 6.43. The molecule has 0 saturated carbocycles. The Morgan fingerprint density at radius 3 is 2.25 bits per heavy atom. The first-order valence-electron chi connectivity index (χ1n) is 5.61. The zero-order valence-corrected chi connectivity index (χ0v) is 11.9. The molecule has 0 spiro atoms. The number of nitrogens with zero attached hydrogens (tertiary/aromatic N) is 2. The largest absolute Gasteiger partial charge is 0.391 e. The fraction of sp³-hybridized carbons (Fsp3) is 0.750. The number of aliphatic hydroxyl groups is 1. The van der Waals surface area contributed by atoms with Crippen LogP contribution in [0.25, 0.3) is 0 Å². The number of rotatable bonds is 3. The quantitative estimate of drug-likeness (QED) is 0.885. The van der Waals surface area contributed by atoms with Crippen LogP contribution in [0.15, 0.2) is 0 Å². The minimum Gasteiger partial charge on any atom is -0.391 e. The molecular weight excluding hydrogens is 220 g/mol. The summed E-state index contributed by atoms with van der Waals surface area (Å²) in [5, 5.41) is 10.4. The van der Waals surface area contributed by atoms with Crippen molar-refractivity contribution in [3.8, 4) is 0 Å². The topological polar surface area (TPSA) is 36.4 Å². The van der Waals surface area contributed by atoms with Gasteiger partial charge in [-0.2, -0.15) is 0 Å². The van der Waals surface area contributed by atoms with Crippen molar-refractivity contribution in [2.24, 2.45) is 0 Å². The van der Waals surface area contributed by atoms with E-state index in [9.17, 15) is 5.11 Å². The maximum absolute atomic E-state index is 9.37. The molecule has 0 fully saturated rings. The smallest absolute Gasteiger partial charge is 0.185 e. The van der Waals surface area contributed by atoms with Gasteiger partial charge in [-0.25, -0.2) is 4.98 Å². The molecule has 0 saturated heterocycles. The first-order chi connectivity index (χ1) is 7.27. The third-order valence-corrected chi connectivity index (χ3v) is 3.75. The predicted octanol–water partition coefficient (Wildman–Crippen LogP) is 2.78. The van der Waals surface area contributed by atoms with Crippen LogP contribution in [0.4, 0.5) is 5.13 Å². The van der Waals surface area contributed by atoms with Crippen LogP contribution in [0.5, 0.6) is 0 Å². The fourth-order valence-electron chi connectivity index (χ4n) is 1.40. The number of hydrogen-bond donors (Lipinski definition) is 1. The van der Waals surface area contributed by atoms with Crippen LogP contribution in [0, 0.1) is 0 Å². The molecule has 1 N–H and O–H groups in total. The summed E-state index contributed by atoms with van der Waals surface area (Å²) in [5.41, 5.74) is 1.01. The Labute approximate surface area is 102 Å². The molecule has 0 aliphatic carbocycles. The monoisotopic (exact) mass is 242 g/mol. The number of anilines is 1. The highest BCUT2D eigenvalue weighted by atomic mass is 32.1. The van der Waals surface area contributed by atoms with Gasteiger partial charge in [-0.1, -0.05) is 32.1 Å². The molecule has 92 valence electrons. The number of hydrogen-bond acceptors (Lipinski definition) is 4. The molecule has 0 aromatic carbocycles. The average Bonchev–Trinajstić information content (AvgIpc) is 2.59. The lowest BCUT2D eigenvalue weighted by Crippen LogP contribution is -2.25. The summed E-state index contributed by atoms with van der Waals surface area (Å²) < 4.78 is 0. The van der Waals surface area contributed by atoms with Crippen LogP contribution in [-0.2, 0) is 12.0 Å². The summed E-state index contributed by atoms with van der Waals surface area (Å²) >= 11 is 1.59. The Balaban J connectivity index is 3.13. The van der Waals surface area contributed by atoms with Crippen molar-refractivity contribution in [1.82, 2.24) is 4.98 Å². The normalized spacial score (nSPS) is 12.2. The van der Waals surface area contributed by atoms with Crippen molar-refractivity contribution in [2.75, 3.05) is 11.9 Å². The van der Waals surface area contributed by atoms with E-state index in [1.165, 1.54) is 0 Å². The molecule has 0 unspecified atom stereocenters. The van der Waals surface area contributed by atoms with Crippen LogP contribution in [-0.4, -0.2) is 23.2 Å². The first kappa shape index (κ1) is 13.5. The van der Waals surface area contributed by atoms with Crippen LogP contribution in [0.3, 0.4) is 0 Å². The molecule has 1 rings (SSSR count). The molecule has 0 atom stereocenters. The Morgan fingerprint density at radius 1 is 1.38 bits per heavy atom. The standard InChI is InChI=1S/C12H22N2OS/c1-8(2)14(6)11-13-10(12(3,4)5)9(7-15)16-11/h8,15H,7H2,1-6H3. The molecule has 4 heteroatoms. The Hall–Kier alpha value is -0.610. The molecule has 1 heterocycles. The van der Waals surface area contributed by atoms with E-state index in [1.54, 1.807) is 11.3 Å². The third-order valence-electron chi connectivity index (χ3n) is 2.62. The number of aromatic nitrogens is 1. The predicted molar refractivity (Wildman–Crippen MR) is 70.3 cm³/mol. The van der Waals surface area contributed by atoms with E-state index >= 15 is 0 Å². The van der Waals surface area contributed by atoms with Gasteiger partial charge in [-0.15, -0.1) is 0 Å². The molecule has 3 nitrogen and oxygen atoms in total. The highest BCUT2D eigenvalue weighted by Crippen LogP contribution is 2.33. The zero-order valence-electron chi connectivity index (χ0n) is 11.0. The van der Waals surface area contributed by atoms with Gasteiger partial charge in [0.15, 0.2) is 5.13 Å². The fourth-order valence-corrected chi connectivity index (χ4v) is 2.63. The molecule has 1 aromatic heterocycles. The lowest BCUT2D eigenvalue weighted by atomic mass is 9.91. The van der Waals surface area contributed by atoms with Gasteiger partial charge >= 0.3 is 0 Å². The third kappa shape index (κ3) is 2.74. The molecule has 0 aliphatic rings. The molecule has 0 bridgehead atoms. The molecular formula is C12H22N2OS. The van der Waals surface area contributed by atoms with Crippen molar-refractivity contribution in [3.63, 3.8) is 0 Å². The second-order valence-electron chi connectivity index (χ2n) is 5.38. The molecule has 16 heavy (non-hydrogen) atoms. The van der Waals surface area contributed by atoms with Gasteiger partial charge in [-0.05, 0) is 13.8 Å². The van der Waals surface area contributed by atoms with Gasteiger partial charge in [0.1, 0.15) is 0 Å². The van der Waals surface area contributed by atoms with Gasteiger partial charge in [0.05, 0.1) is 17.2 Å².